The summed E-state index contributed by atoms with van der Waals surface area (Å²) in [6.07, 6.45) is 7.56. The number of aromatic hydroxyl groups is 1. The molecule has 5 nitrogen and oxygen atoms in total. The van der Waals surface area contributed by atoms with Crippen LogP contribution in [-0.2, 0) is 4.79 Å². The van der Waals surface area contributed by atoms with Crippen LogP contribution in [0.2, 0.25) is 0 Å². The topological polar surface area (TPSA) is 86.6 Å². The van der Waals surface area contributed by atoms with E-state index in [1.807, 2.05) is 0 Å². The van der Waals surface area contributed by atoms with Crippen LogP contribution >= 0.6 is 0 Å². The maximum atomic E-state index is 11.9. The number of hydrogen-bond donors (Lipinski definition) is 3. The van der Waals surface area contributed by atoms with Crippen LogP contribution in [0.15, 0.2) is 18.2 Å². The molecular weight excluding hydrogens is 270 g/mol. The van der Waals surface area contributed by atoms with Crippen molar-refractivity contribution >= 4 is 17.6 Å². The van der Waals surface area contributed by atoms with Crippen molar-refractivity contribution in [3.8, 4) is 5.75 Å². The minimum Gasteiger partial charge on any atom is -0.507 e. The summed E-state index contributed by atoms with van der Waals surface area (Å²) >= 11 is 0. The molecule has 2 rings (SSSR count). The molecule has 1 fully saturated rings. The van der Waals surface area contributed by atoms with Crippen LogP contribution in [0.25, 0.3) is 0 Å². The van der Waals surface area contributed by atoms with Gasteiger partial charge >= 0.3 is 5.97 Å². The zero-order valence-corrected chi connectivity index (χ0v) is 12.0. The van der Waals surface area contributed by atoms with Crippen LogP contribution < -0.4 is 5.32 Å². The zero-order chi connectivity index (χ0) is 15.2. The third-order valence-corrected chi connectivity index (χ3v) is 4.02. The van der Waals surface area contributed by atoms with Gasteiger partial charge in [-0.3, -0.25) is 4.79 Å². The number of phenols is 1. The Labute approximate surface area is 124 Å². The van der Waals surface area contributed by atoms with Gasteiger partial charge in [0.2, 0.25) is 5.91 Å². The second kappa shape index (κ2) is 7.11. The highest BCUT2D eigenvalue weighted by atomic mass is 16.4. The number of hydrogen-bond acceptors (Lipinski definition) is 3. The third-order valence-electron chi connectivity index (χ3n) is 4.02. The normalized spacial score (nSPS) is 15.6. The molecule has 0 spiro atoms. The van der Waals surface area contributed by atoms with E-state index in [-0.39, 0.29) is 17.2 Å². The van der Waals surface area contributed by atoms with E-state index in [1.54, 1.807) is 0 Å². The molecule has 0 bridgehead atoms. The third kappa shape index (κ3) is 4.48. The summed E-state index contributed by atoms with van der Waals surface area (Å²) in [7, 11) is 0. The van der Waals surface area contributed by atoms with E-state index in [4.69, 9.17) is 5.11 Å². The molecule has 1 amide bonds. The summed E-state index contributed by atoms with van der Waals surface area (Å²) in [6.45, 7) is 0. The molecule has 0 radical (unpaired) electrons. The summed E-state index contributed by atoms with van der Waals surface area (Å²) in [5.74, 6) is -0.991. The molecule has 5 heteroatoms. The largest absolute Gasteiger partial charge is 0.507 e. The number of carboxylic acids is 1. The van der Waals surface area contributed by atoms with Gasteiger partial charge in [0.15, 0.2) is 0 Å². The first-order valence-corrected chi connectivity index (χ1v) is 7.42. The van der Waals surface area contributed by atoms with Crippen LogP contribution in [0, 0.1) is 5.92 Å². The number of carboxylic acid groups (broad SMARTS) is 1. The maximum Gasteiger partial charge on any atom is 0.339 e. The van der Waals surface area contributed by atoms with Gasteiger partial charge in [-0.2, -0.15) is 0 Å². The van der Waals surface area contributed by atoms with Crippen LogP contribution in [0.1, 0.15) is 55.3 Å². The Balaban J connectivity index is 1.87. The van der Waals surface area contributed by atoms with E-state index in [0.29, 0.717) is 18.0 Å². The summed E-state index contributed by atoms with van der Waals surface area (Å²) in [5.41, 5.74) is 0.193. The molecule has 114 valence electrons. The van der Waals surface area contributed by atoms with Crippen molar-refractivity contribution in [3.63, 3.8) is 0 Å². The zero-order valence-electron chi connectivity index (χ0n) is 12.0. The minimum atomic E-state index is -1.22. The van der Waals surface area contributed by atoms with Crippen LogP contribution in [0.5, 0.6) is 5.75 Å². The summed E-state index contributed by atoms with van der Waals surface area (Å²) < 4.78 is 0. The highest BCUT2D eigenvalue weighted by Crippen LogP contribution is 2.27. The SMILES string of the molecule is O=C(CCC1CCCCC1)Nc1ccc(O)c(C(=O)O)c1. The molecule has 1 aromatic carbocycles. The number of nitrogens with one attached hydrogen (secondary N) is 1. The van der Waals surface area contributed by atoms with Crippen molar-refractivity contribution in [2.75, 3.05) is 5.32 Å². The Morgan fingerprint density at radius 3 is 2.57 bits per heavy atom. The molecule has 0 unspecified atom stereocenters. The lowest BCUT2D eigenvalue weighted by Gasteiger charge is -2.21. The standard InChI is InChI=1S/C16H21NO4/c18-14-8-7-12(10-13(14)16(20)21)17-15(19)9-6-11-4-2-1-3-5-11/h7-8,10-11,18H,1-6,9H2,(H,17,19)(H,20,21). The van der Waals surface area contributed by atoms with E-state index in [9.17, 15) is 14.7 Å². The maximum absolute atomic E-state index is 11.9. The van der Waals surface area contributed by atoms with Gasteiger partial charge < -0.3 is 15.5 Å². The van der Waals surface area contributed by atoms with Crippen molar-refractivity contribution in [2.24, 2.45) is 5.92 Å². The van der Waals surface area contributed by atoms with E-state index in [2.05, 4.69) is 5.32 Å². The predicted molar refractivity (Wildman–Crippen MR) is 79.5 cm³/mol. The van der Waals surface area contributed by atoms with E-state index in [1.165, 1.54) is 50.3 Å². The Hall–Kier alpha value is -2.04. The molecule has 0 heterocycles. The molecule has 1 aliphatic carbocycles. The minimum absolute atomic E-state index is 0.109. The van der Waals surface area contributed by atoms with Crippen molar-refractivity contribution in [2.45, 2.75) is 44.9 Å². The van der Waals surface area contributed by atoms with Crippen LogP contribution in [-0.4, -0.2) is 22.1 Å². The van der Waals surface area contributed by atoms with Crippen molar-refractivity contribution in [1.29, 1.82) is 0 Å². The number of anilines is 1. The number of rotatable bonds is 5. The molecular formula is C16H21NO4. The van der Waals surface area contributed by atoms with Crippen molar-refractivity contribution in [1.82, 2.24) is 0 Å². The fourth-order valence-corrected chi connectivity index (χ4v) is 2.82. The lowest BCUT2D eigenvalue weighted by atomic mass is 9.86. The average molecular weight is 291 g/mol. The highest BCUT2D eigenvalue weighted by Gasteiger charge is 2.15. The van der Waals surface area contributed by atoms with E-state index >= 15 is 0 Å². The molecule has 1 aromatic rings. The van der Waals surface area contributed by atoms with Gasteiger partial charge in [-0.1, -0.05) is 32.1 Å². The second-order valence-electron chi connectivity index (χ2n) is 5.63. The molecule has 3 N–H and O–H groups in total. The average Bonchev–Trinajstić information content (AvgIpc) is 2.48. The smallest absolute Gasteiger partial charge is 0.339 e. The lowest BCUT2D eigenvalue weighted by Crippen LogP contribution is -2.15. The molecule has 1 saturated carbocycles. The Kier molecular flexibility index (Phi) is 5.20. The monoisotopic (exact) mass is 291 g/mol. The van der Waals surface area contributed by atoms with Gasteiger partial charge in [0.05, 0.1) is 0 Å². The molecule has 21 heavy (non-hydrogen) atoms. The van der Waals surface area contributed by atoms with Crippen molar-refractivity contribution in [3.05, 3.63) is 23.8 Å². The fourth-order valence-electron chi connectivity index (χ4n) is 2.82. The summed E-state index contributed by atoms with van der Waals surface area (Å²) in [6, 6.07) is 4.05. The van der Waals surface area contributed by atoms with Gasteiger partial charge in [0.25, 0.3) is 0 Å². The number of aromatic carboxylic acids is 1. The fraction of sp³-hybridized carbons (Fsp3) is 0.500. The van der Waals surface area contributed by atoms with E-state index in [0.717, 1.165) is 6.42 Å². The predicted octanol–water partition coefficient (Wildman–Crippen LogP) is 3.39. The number of carbonyl (C=O) groups is 2. The van der Waals surface area contributed by atoms with Gasteiger partial charge in [0, 0.05) is 12.1 Å². The van der Waals surface area contributed by atoms with Crippen LogP contribution in [0.4, 0.5) is 5.69 Å². The first kappa shape index (κ1) is 15.4. The van der Waals surface area contributed by atoms with Gasteiger partial charge in [-0.15, -0.1) is 0 Å². The molecule has 0 atom stereocenters. The number of carbonyl (C=O) groups excluding carboxylic acids is 1. The van der Waals surface area contributed by atoms with Crippen LogP contribution in [0.3, 0.4) is 0 Å². The van der Waals surface area contributed by atoms with Crippen molar-refractivity contribution < 1.29 is 19.8 Å². The summed E-state index contributed by atoms with van der Waals surface area (Å²) in [4.78, 5) is 22.8. The molecule has 0 aromatic heterocycles. The summed E-state index contributed by atoms with van der Waals surface area (Å²) in [5, 5.41) is 21.0. The Morgan fingerprint density at radius 1 is 1.19 bits per heavy atom. The second-order valence-corrected chi connectivity index (χ2v) is 5.63. The molecule has 0 saturated heterocycles. The Morgan fingerprint density at radius 2 is 1.90 bits per heavy atom. The Bertz CT molecular complexity index is 521. The lowest BCUT2D eigenvalue weighted by molar-refractivity contribution is -0.116. The first-order valence-electron chi connectivity index (χ1n) is 7.42. The number of amides is 1. The van der Waals surface area contributed by atoms with Gasteiger partial charge in [-0.25, -0.2) is 4.79 Å². The quantitative estimate of drug-likeness (QED) is 0.726. The molecule has 1 aliphatic rings. The van der Waals surface area contributed by atoms with Gasteiger partial charge in [0.1, 0.15) is 11.3 Å². The first-order chi connectivity index (χ1) is 10.1. The van der Waals surface area contributed by atoms with Gasteiger partial charge in [-0.05, 0) is 30.5 Å². The molecule has 0 aliphatic heterocycles. The highest BCUT2D eigenvalue weighted by molar-refractivity contribution is 5.95. The number of benzene rings is 1. The van der Waals surface area contributed by atoms with E-state index < -0.39 is 5.97 Å².